The maximum Gasteiger partial charge on any atom is 0.338 e. The molecule has 3 aromatic rings. The Morgan fingerprint density at radius 3 is 1.90 bits per heavy atom. The van der Waals surface area contributed by atoms with Crippen molar-refractivity contribution in [2.24, 2.45) is 10.8 Å². The van der Waals surface area contributed by atoms with Gasteiger partial charge in [-0.25, -0.2) is 9.59 Å². The topological polar surface area (TPSA) is 229 Å². The van der Waals surface area contributed by atoms with Crippen LogP contribution in [0.3, 0.4) is 0 Å². The van der Waals surface area contributed by atoms with Crippen LogP contribution in [0.5, 0.6) is 0 Å². The smallest absolute Gasteiger partial charge is 0.338 e. The third kappa shape index (κ3) is 7.48. The van der Waals surface area contributed by atoms with Crippen LogP contribution in [0, 0.1) is 99.0 Å². The van der Waals surface area contributed by atoms with Gasteiger partial charge >= 0.3 is 11.9 Å². The number of fused-ring (bicyclic) bond motifs is 5. The van der Waals surface area contributed by atoms with Crippen molar-refractivity contribution in [1.82, 2.24) is 5.32 Å². The van der Waals surface area contributed by atoms with E-state index in [9.17, 15) is 49.8 Å². The van der Waals surface area contributed by atoms with Crippen molar-refractivity contribution in [3.8, 4) is 0 Å². The summed E-state index contributed by atoms with van der Waals surface area (Å²) in [7, 11) is 0. The summed E-state index contributed by atoms with van der Waals surface area (Å²) < 4.78 is 17.6. The molecule has 2 bridgehead atoms. The number of hydrogen-bond acceptors (Lipinski definition) is 13. The standard InChI is InChI=1S/C43H47NO13.2Ac/c1-23-27(56-37(51)33(47)31(24-14-8-5-9-15-24)44-35(49)25-16-10-6-11-17-25)21-41(52)38(57-36(50)26-18-12-7-13-19-26)43(54)40(4,28(45)20-29-42(43,53)22-55-29)34(48)32(46)30(23)39(41,2)3;;/h5-19,27-29,31-33,38,45-47,52-54H,20-22H2,1-4H3,(H,44,49);;/t27?,28?,29?,31?,32?,33?,38-,40+,41?,42?,43?;;/m1../s1. The zero-order chi connectivity index (χ0) is 41.3. The van der Waals surface area contributed by atoms with Crippen molar-refractivity contribution >= 4 is 23.6 Å². The Labute approximate surface area is 412 Å². The van der Waals surface area contributed by atoms with Crippen LogP contribution in [-0.4, -0.2) is 114 Å². The molecule has 1 heterocycles. The van der Waals surface area contributed by atoms with Crippen LogP contribution in [0.1, 0.15) is 72.9 Å². The van der Waals surface area contributed by atoms with Gasteiger partial charge in [-0.15, -0.1) is 0 Å². The molecule has 7 N–H and O–H groups in total. The van der Waals surface area contributed by atoms with E-state index in [4.69, 9.17) is 14.2 Å². The van der Waals surface area contributed by atoms with E-state index in [-0.39, 0.29) is 117 Å². The first-order chi connectivity index (χ1) is 26.8. The van der Waals surface area contributed by atoms with E-state index in [0.29, 0.717) is 5.56 Å². The van der Waals surface area contributed by atoms with Gasteiger partial charge in [-0.1, -0.05) is 80.6 Å². The van der Waals surface area contributed by atoms with Gasteiger partial charge in [0.05, 0.1) is 35.8 Å². The summed E-state index contributed by atoms with van der Waals surface area (Å²) >= 11 is 0. The molecule has 11 atom stereocenters. The van der Waals surface area contributed by atoms with Crippen LogP contribution in [-0.2, 0) is 23.8 Å². The van der Waals surface area contributed by atoms with Crippen LogP contribution in [0.4, 0.5) is 0 Å². The summed E-state index contributed by atoms with van der Waals surface area (Å²) in [4.78, 5) is 56.1. The zero-order valence-electron chi connectivity index (χ0n) is 33.0. The summed E-state index contributed by atoms with van der Waals surface area (Å²) in [5.74, 6) is -4.08. The Hall–Kier alpha value is -1.92. The number of aliphatic hydroxyl groups excluding tert-OH is 3. The first-order valence-corrected chi connectivity index (χ1v) is 18.8. The number of carbonyl (C=O) groups excluding carboxylic acids is 4. The van der Waals surface area contributed by atoms with Gasteiger partial charge in [-0.2, -0.15) is 0 Å². The molecule has 308 valence electrons. The number of amides is 1. The third-order valence-electron chi connectivity index (χ3n) is 13.1. The van der Waals surface area contributed by atoms with Gasteiger partial charge in [0.1, 0.15) is 23.4 Å². The van der Waals surface area contributed by atoms with Gasteiger partial charge in [0.25, 0.3) is 5.91 Å². The van der Waals surface area contributed by atoms with Crippen molar-refractivity contribution in [3.63, 3.8) is 0 Å². The molecule has 59 heavy (non-hydrogen) atoms. The molecule has 3 aliphatic carbocycles. The Morgan fingerprint density at radius 2 is 1.36 bits per heavy atom. The van der Waals surface area contributed by atoms with E-state index in [2.05, 4.69) is 5.32 Å². The first kappa shape index (κ1) is 48.1. The Balaban J connectivity index is 0.00000331. The van der Waals surface area contributed by atoms with Gasteiger partial charge in [-0.05, 0) is 54.8 Å². The molecule has 1 amide bonds. The molecule has 1 saturated heterocycles. The normalized spacial score (nSPS) is 34.0. The van der Waals surface area contributed by atoms with Gasteiger partial charge in [-0.3, -0.25) is 9.59 Å². The van der Waals surface area contributed by atoms with Gasteiger partial charge in [0.2, 0.25) is 0 Å². The van der Waals surface area contributed by atoms with Crippen LogP contribution >= 0.6 is 0 Å². The van der Waals surface area contributed by atoms with E-state index in [0.717, 1.165) is 6.92 Å². The van der Waals surface area contributed by atoms with Gasteiger partial charge in [0, 0.05) is 112 Å². The summed E-state index contributed by atoms with van der Waals surface area (Å²) in [5, 5.41) is 76.7. The van der Waals surface area contributed by atoms with Gasteiger partial charge in [0.15, 0.2) is 23.6 Å². The Kier molecular flexibility index (Phi) is 14.4. The molecule has 14 nitrogen and oxygen atoms in total. The number of nitrogens with one attached hydrogen (secondary N) is 1. The predicted octanol–water partition coefficient (Wildman–Crippen LogP) is 1.71. The quantitative estimate of drug-likeness (QED) is 0.126. The second-order valence-electron chi connectivity index (χ2n) is 16.3. The average molecular weight is 1240 g/mol. The Morgan fingerprint density at radius 1 is 0.814 bits per heavy atom. The van der Waals surface area contributed by atoms with E-state index in [1.165, 1.54) is 32.9 Å². The molecule has 4 aliphatic rings. The van der Waals surface area contributed by atoms with Crippen LogP contribution in [0.2, 0.25) is 0 Å². The number of carbonyl (C=O) groups is 4. The molecule has 0 aromatic heterocycles. The summed E-state index contributed by atoms with van der Waals surface area (Å²) in [6, 6.07) is 22.6. The minimum absolute atomic E-state index is 0. The van der Waals surface area contributed by atoms with Crippen molar-refractivity contribution in [3.05, 3.63) is 119 Å². The molecule has 1 aliphatic heterocycles. The minimum atomic E-state index is -3.03. The molecule has 3 aromatic carbocycles. The number of hydrogen-bond donors (Lipinski definition) is 7. The zero-order valence-corrected chi connectivity index (χ0v) is 42.5. The van der Waals surface area contributed by atoms with Crippen molar-refractivity contribution in [1.29, 1.82) is 0 Å². The molecule has 2 saturated carbocycles. The second kappa shape index (κ2) is 17.7. The third-order valence-corrected chi connectivity index (χ3v) is 13.1. The van der Waals surface area contributed by atoms with E-state index < -0.39 is 107 Å². The minimum Gasteiger partial charge on any atom is -0.456 e. The van der Waals surface area contributed by atoms with E-state index in [1.54, 1.807) is 78.9 Å². The SMILES string of the molecule is CC1=C2C(O)C(=O)[C@]3(C)C(O)CC4OCC4(O)C3(O)[C@H](OC(=O)c3ccccc3)C(O)(CC1OC(=O)C(O)C(NC(=O)c1ccccc1)c1ccccc1)C2(C)C.[Ac].[Ac]. The number of rotatable bonds is 8. The van der Waals surface area contributed by atoms with E-state index >= 15 is 0 Å². The summed E-state index contributed by atoms with van der Waals surface area (Å²) in [5.41, 5.74) is -11.7. The maximum atomic E-state index is 14.8. The van der Waals surface area contributed by atoms with Crippen LogP contribution < -0.4 is 5.32 Å². The van der Waals surface area contributed by atoms with E-state index in [1.807, 2.05) is 0 Å². The average Bonchev–Trinajstić information content (AvgIpc) is 3.20. The Bertz CT molecular complexity index is 2110. The summed E-state index contributed by atoms with van der Waals surface area (Å²) in [6.07, 6.45) is -12.0. The van der Waals surface area contributed by atoms with Gasteiger partial charge < -0.3 is 50.2 Å². The molecular weight excluding hydrogens is 1190 g/mol. The number of ether oxygens (including phenoxy) is 3. The fraction of sp³-hybridized carbons (Fsp3) is 0.442. The monoisotopic (exact) mass is 1240 g/mol. The number of ketones is 1. The second-order valence-corrected chi connectivity index (χ2v) is 16.3. The fourth-order valence-electron chi connectivity index (χ4n) is 9.54. The number of Topliss-reactive ketones (excluding diaryl/α,β-unsaturated/α-hetero) is 1. The fourth-order valence-corrected chi connectivity index (χ4v) is 9.54. The molecule has 16 heteroatoms. The number of benzene rings is 3. The summed E-state index contributed by atoms with van der Waals surface area (Å²) in [6.45, 7) is 4.93. The molecule has 3 fully saturated rings. The van der Waals surface area contributed by atoms with Crippen molar-refractivity contribution < 1.29 is 152 Å². The predicted molar refractivity (Wildman–Crippen MR) is 200 cm³/mol. The molecule has 7 rings (SSSR count). The molecule has 9 unspecified atom stereocenters. The maximum absolute atomic E-state index is 14.8. The van der Waals surface area contributed by atoms with Crippen molar-refractivity contribution in [2.45, 2.75) is 100 Å². The molecular formula is C43H47Ac2NO13. The van der Waals surface area contributed by atoms with Crippen molar-refractivity contribution in [2.75, 3.05) is 6.61 Å². The first-order valence-electron chi connectivity index (χ1n) is 18.8. The molecule has 2 radical (unpaired) electrons. The largest absolute Gasteiger partial charge is 0.456 e. The molecule has 0 spiro atoms. The van der Waals surface area contributed by atoms with Crippen LogP contribution in [0.15, 0.2) is 102 Å². The number of esters is 2. The number of aliphatic hydroxyl groups is 6. The van der Waals surface area contributed by atoms with Crippen LogP contribution in [0.25, 0.3) is 0 Å².